The van der Waals surface area contributed by atoms with Gasteiger partial charge in [-0.25, -0.2) is 14.8 Å². The van der Waals surface area contributed by atoms with Crippen LogP contribution in [0.5, 0.6) is 0 Å². The van der Waals surface area contributed by atoms with Gasteiger partial charge < -0.3 is 4.74 Å². The van der Waals surface area contributed by atoms with Gasteiger partial charge >= 0.3 is 5.97 Å². The highest BCUT2D eigenvalue weighted by Gasteiger charge is 2.11. The molecule has 0 saturated heterocycles. The summed E-state index contributed by atoms with van der Waals surface area (Å²) in [4.78, 5) is 20.3. The normalized spacial score (nSPS) is 10.6. The summed E-state index contributed by atoms with van der Waals surface area (Å²) in [6.07, 6.45) is 2.48. The van der Waals surface area contributed by atoms with Crippen LogP contribution in [-0.2, 0) is 11.2 Å². The maximum Gasteiger partial charge on any atom is 0.356 e. The molecular formula is C19H18N2O2S. The molecule has 0 atom stereocenters. The summed E-state index contributed by atoms with van der Waals surface area (Å²) < 4.78 is 5.02. The van der Waals surface area contributed by atoms with Crippen molar-refractivity contribution in [1.29, 1.82) is 0 Å². The molecule has 24 heavy (non-hydrogen) atoms. The van der Waals surface area contributed by atoms with Crippen LogP contribution in [-0.4, -0.2) is 22.5 Å². The molecule has 0 aliphatic rings. The Morgan fingerprint density at radius 1 is 1.21 bits per heavy atom. The number of hydrogen-bond donors (Lipinski definition) is 0. The van der Waals surface area contributed by atoms with Gasteiger partial charge in [-0.2, -0.15) is 0 Å². The molecule has 0 N–H and O–H groups in total. The first-order valence-corrected chi connectivity index (χ1v) is 8.72. The zero-order chi connectivity index (χ0) is 16.9. The Hall–Kier alpha value is -2.53. The van der Waals surface area contributed by atoms with E-state index in [9.17, 15) is 4.79 Å². The third-order valence-corrected chi connectivity index (χ3v) is 4.36. The Bertz CT molecular complexity index is 827. The van der Waals surface area contributed by atoms with Gasteiger partial charge in [0, 0.05) is 17.1 Å². The fourth-order valence-electron chi connectivity index (χ4n) is 2.44. The molecular weight excluding hydrogens is 320 g/mol. The summed E-state index contributed by atoms with van der Waals surface area (Å²) in [5.41, 5.74) is 7.62. The number of nitrogens with zero attached hydrogens (tertiary/aromatic N) is 2. The third kappa shape index (κ3) is 3.68. The summed E-state index contributed by atoms with van der Waals surface area (Å²) in [5, 5.41) is 2.04. The summed E-state index contributed by atoms with van der Waals surface area (Å²) in [7, 11) is 0. The molecule has 0 fully saturated rings. The molecule has 0 bridgehead atoms. The second-order valence-electron chi connectivity index (χ2n) is 5.46. The minimum Gasteiger partial charge on any atom is -0.461 e. The number of hydrogen-bond acceptors (Lipinski definition) is 5. The zero-order valence-electron chi connectivity index (χ0n) is 13.7. The van der Waals surface area contributed by atoms with E-state index in [1.165, 1.54) is 5.56 Å². The first kappa shape index (κ1) is 16.3. The lowest BCUT2D eigenvalue weighted by atomic mass is 10.00. The number of thiazole rings is 1. The SMILES string of the molecule is CCOC(=O)c1cc(Cc2ccc(-c3cscn3)cc2)c(C)cn1. The smallest absolute Gasteiger partial charge is 0.356 e. The average Bonchev–Trinajstić information content (AvgIpc) is 3.12. The average molecular weight is 338 g/mol. The molecule has 2 aromatic heterocycles. The van der Waals surface area contributed by atoms with Gasteiger partial charge in [0.15, 0.2) is 0 Å². The van der Waals surface area contributed by atoms with Crippen LogP contribution in [0.1, 0.15) is 34.1 Å². The van der Waals surface area contributed by atoms with Crippen molar-refractivity contribution in [1.82, 2.24) is 9.97 Å². The molecule has 0 spiro atoms. The number of aryl methyl sites for hydroxylation is 1. The van der Waals surface area contributed by atoms with E-state index in [1.807, 2.05) is 23.9 Å². The van der Waals surface area contributed by atoms with Crippen LogP contribution in [0.3, 0.4) is 0 Å². The van der Waals surface area contributed by atoms with Crippen molar-refractivity contribution in [2.24, 2.45) is 0 Å². The van der Waals surface area contributed by atoms with Crippen molar-refractivity contribution in [3.05, 3.63) is 69.8 Å². The van der Waals surface area contributed by atoms with Crippen LogP contribution in [0.4, 0.5) is 0 Å². The lowest BCUT2D eigenvalue weighted by molar-refractivity contribution is 0.0519. The standard InChI is InChI=1S/C19H18N2O2S/c1-3-23-19(22)17-9-16(13(2)10-20-17)8-14-4-6-15(7-5-14)18-11-24-12-21-18/h4-7,9-12H,3,8H2,1-2H3. The number of esters is 1. The van der Waals surface area contributed by atoms with Crippen LogP contribution >= 0.6 is 11.3 Å². The molecule has 0 aliphatic carbocycles. The number of pyridine rings is 1. The number of benzene rings is 1. The van der Waals surface area contributed by atoms with Crippen LogP contribution in [0, 0.1) is 6.92 Å². The van der Waals surface area contributed by atoms with Gasteiger partial charge in [-0.1, -0.05) is 24.3 Å². The van der Waals surface area contributed by atoms with E-state index in [0.29, 0.717) is 12.3 Å². The highest BCUT2D eigenvalue weighted by atomic mass is 32.1. The molecule has 0 aliphatic heterocycles. The number of carbonyl (C=O) groups is 1. The van der Waals surface area contributed by atoms with Gasteiger partial charge in [-0.3, -0.25) is 0 Å². The summed E-state index contributed by atoms with van der Waals surface area (Å²) in [6, 6.07) is 10.2. The van der Waals surface area contributed by atoms with Crippen LogP contribution in [0.2, 0.25) is 0 Å². The summed E-state index contributed by atoms with van der Waals surface area (Å²) in [5.74, 6) is -0.377. The molecule has 0 radical (unpaired) electrons. The predicted molar refractivity (Wildman–Crippen MR) is 95.3 cm³/mol. The highest BCUT2D eigenvalue weighted by Crippen LogP contribution is 2.21. The van der Waals surface area contributed by atoms with Crippen LogP contribution in [0.25, 0.3) is 11.3 Å². The van der Waals surface area contributed by atoms with Crippen molar-refractivity contribution in [2.45, 2.75) is 20.3 Å². The van der Waals surface area contributed by atoms with Crippen molar-refractivity contribution in [3.8, 4) is 11.3 Å². The molecule has 3 rings (SSSR count). The maximum atomic E-state index is 11.8. The first-order chi connectivity index (χ1) is 11.7. The van der Waals surface area contributed by atoms with E-state index >= 15 is 0 Å². The lowest BCUT2D eigenvalue weighted by Crippen LogP contribution is -2.08. The Morgan fingerprint density at radius 2 is 2.00 bits per heavy atom. The molecule has 0 amide bonds. The topological polar surface area (TPSA) is 52.1 Å². The minimum atomic E-state index is -0.377. The van der Waals surface area contributed by atoms with Crippen LogP contribution < -0.4 is 0 Å². The first-order valence-electron chi connectivity index (χ1n) is 7.77. The Labute approximate surface area is 145 Å². The largest absolute Gasteiger partial charge is 0.461 e. The van der Waals surface area contributed by atoms with Gasteiger partial charge in [0.05, 0.1) is 17.8 Å². The number of ether oxygens (including phenoxy) is 1. The quantitative estimate of drug-likeness (QED) is 0.652. The molecule has 4 nitrogen and oxygen atoms in total. The molecule has 3 aromatic rings. The molecule has 1 aromatic carbocycles. The third-order valence-electron chi connectivity index (χ3n) is 3.78. The fourth-order valence-corrected chi connectivity index (χ4v) is 3.00. The van der Waals surface area contributed by atoms with Crippen molar-refractivity contribution in [2.75, 3.05) is 6.61 Å². The predicted octanol–water partition coefficient (Wildman–Crippen LogP) is 4.28. The van der Waals surface area contributed by atoms with E-state index < -0.39 is 0 Å². The van der Waals surface area contributed by atoms with Crippen molar-refractivity contribution < 1.29 is 9.53 Å². The van der Waals surface area contributed by atoms with Crippen LogP contribution in [0.15, 0.2) is 47.4 Å². The van der Waals surface area contributed by atoms with E-state index in [1.54, 1.807) is 24.5 Å². The van der Waals surface area contributed by atoms with E-state index in [0.717, 1.165) is 28.8 Å². The Balaban J connectivity index is 1.80. The zero-order valence-corrected chi connectivity index (χ0v) is 14.5. The van der Waals surface area contributed by atoms with E-state index in [-0.39, 0.29) is 5.97 Å². The second-order valence-corrected chi connectivity index (χ2v) is 6.18. The summed E-state index contributed by atoms with van der Waals surface area (Å²) >= 11 is 1.59. The van der Waals surface area contributed by atoms with Gasteiger partial charge in [-0.05, 0) is 43.0 Å². The minimum absolute atomic E-state index is 0.349. The fraction of sp³-hybridized carbons (Fsp3) is 0.211. The number of carbonyl (C=O) groups excluding carboxylic acids is 1. The molecule has 0 saturated carbocycles. The maximum absolute atomic E-state index is 11.8. The van der Waals surface area contributed by atoms with Gasteiger partial charge in [0.25, 0.3) is 0 Å². The van der Waals surface area contributed by atoms with Gasteiger partial charge in [0.1, 0.15) is 5.69 Å². The van der Waals surface area contributed by atoms with E-state index in [2.05, 4.69) is 34.2 Å². The van der Waals surface area contributed by atoms with Crippen molar-refractivity contribution >= 4 is 17.3 Å². The molecule has 122 valence electrons. The Kier molecular flexibility index (Phi) is 5.01. The molecule has 5 heteroatoms. The Morgan fingerprint density at radius 3 is 2.67 bits per heavy atom. The molecule has 2 heterocycles. The summed E-state index contributed by atoms with van der Waals surface area (Å²) in [6.45, 7) is 4.14. The van der Waals surface area contributed by atoms with Crippen molar-refractivity contribution in [3.63, 3.8) is 0 Å². The monoisotopic (exact) mass is 338 g/mol. The number of aromatic nitrogens is 2. The highest BCUT2D eigenvalue weighted by molar-refractivity contribution is 7.07. The molecule has 0 unspecified atom stereocenters. The lowest BCUT2D eigenvalue weighted by Gasteiger charge is -2.09. The van der Waals surface area contributed by atoms with E-state index in [4.69, 9.17) is 4.74 Å². The van der Waals surface area contributed by atoms with Gasteiger partial charge in [0.2, 0.25) is 0 Å². The second kappa shape index (κ2) is 7.36. The van der Waals surface area contributed by atoms with Gasteiger partial charge in [-0.15, -0.1) is 11.3 Å². The number of rotatable bonds is 5.